The van der Waals surface area contributed by atoms with Gasteiger partial charge in [-0.2, -0.15) is 11.8 Å². The van der Waals surface area contributed by atoms with Crippen molar-refractivity contribution < 1.29 is 5.11 Å². The second kappa shape index (κ2) is 6.78. The highest BCUT2D eigenvalue weighted by atomic mass is 32.2. The molecule has 1 N–H and O–H groups in total. The Morgan fingerprint density at radius 3 is 2.80 bits per heavy atom. The van der Waals surface area contributed by atoms with Crippen LogP contribution in [0.2, 0.25) is 0 Å². The predicted molar refractivity (Wildman–Crippen MR) is 68.8 cm³/mol. The SMILES string of the molecule is CCCSCCCc1cccc(C)c1O. The molecule has 0 aliphatic heterocycles. The summed E-state index contributed by atoms with van der Waals surface area (Å²) in [6.45, 7) is 4.16. The summed E-state index contributed by atoms with van der Waals surface area (Å²) < 4.78 is 0. The van der Waals surface area contributed by atoms with Crippen LogP contribution in [0.25, 0.3) is 0 Å². The largest absolute Gasteiger partial charge is 0.507 e. The Labute approximate surface area is 96.9 Å². The lowest BCUT2D eigenvalue weighted by atomic mass is 10.1. The number of phenolic OH excluding ortho intramolecular Hbond substituents is 1. The molecule has 15 heavy (non-hydrogen) atoms. The number of hydrogen-bond donors (Lipinski definition) is 1. The molecule has 0 unspecified atom stereocenters. The summed E-state index contributed by atoms with van der Waals surface area (Å²) in [7, 11) is 0. The van der Waals surface area contributed by atoms with Gasteiger partial charge in [-0.1, -0.05) is 25.1 Å². The second-order valence-corrected chi connectivity index (χ2v) is 5.02. The van der Waals surface area contributed by atoms with Crippen molar-refractivity contribution in [2.45, 2.75) is 33.1 Å². The maximum atomic E-state index is 9.79. The number of aromatic hydroxyl groups is 1. The molecule has 1 rings (SSSR count). The van der Waals surface area contributed by atoms with Gasteiger partial charge in [0.25, 0.3) is 0 Å². The van der Waals surface area contributed by atoms with Gasteiger partial charge in [0.05, 0.1) is 0 Å². The quantitative estimate of drug-likeness (QED) is 0.742. The van der Waals surface area contributed by atoms with Gasteiger partial charge in [0.15, 0.2) is 0 Å². The van der Waals surface area contributed by atoms with Gasteiger partial charge in [0.1, 0.15) is 5.75 Å². The molecule has 2 heteroatoms. The molecule has 1 aromatic carbocycles. The van der Waals surface area contributed by atoms with Crippen molar-refractivity contribution in [3.05, 3.63) is 29.3 Å². The molecule has 84 valence electrons. The van der Waals surface area contributed by atoms with Crippen LogP contribution in [-0.4, -0.2) is 16.6 Å². The lowest BCUT2D eigenvalue weighted by molar-refractivity contribution is 0.463. The molecule has 1 aromatic rings. The molecule has 1 nitrogen and oxygen atoms in total. The average molecular weight is 224 g/mol. The Hall–Kier alpha value is -0.630. The summed E-state index contributed by atoms with van der Waals surface area (Å²) in [5.41, 5.74) is 2.07. The second-order valence-electron chi connectivity index (χ2n) is 3.80. The van der Waals surface area contributed by atoms with Crippen molar-refractivity contribution in [3.8, 4) is 5.75 Å². The smallest absolute Gasteiger partial charge is 0.121 e. The minimum atomic E-state index is 0.484. The highest BCUT2D eigenvalue weighted by molar-refractivity contribution is 7.99. The van der Waals surface area contributed by atoms with Gasteiger partial charge in [-0.25, -0.2) is 0 Å². The van der Waals surface area contributed by atoms with E-state index in [1.54, 1.807) is 0 Å². The van der Waals surface area contributed by atoms with E-state index in [2.05, 4.69) is 6.92 Å². The molecule has 0 saturated heterocycles. The monoisotopic (exact) mass is 224 g/mol. The molecule has 0 fully saturated rings. The van der Waals surface area contributed by atoms with Crippen molar-refractivity contribution in [1.82, 2.24) is 0 Å². The molecule has 0 saturated carbocycles. The molecule has 0 radical (unpaired) electrons. The lowest BCUT2D eigenvalue weighted by Gasteiger charge is -2.06. The molecular formula is C13H20OS. The zero-order valence-corrected chi connectivity index (χ0v) is 10.4. The molecule has 0 aliphatic carbocycles. The number of para-hydroxylation sites is 1. The van der Waals surface area contributed by atoms with Gasteiger partial charge in [-0.15, -0.1) is 0 Å². The van der Waals surface area contributed by atoms with Crippen molar-refractivity contribution in [1.29, 1.82) is 0 Å². The Kier molecular flexibility index (Phi) is 5.62. The first kappa shape index (κ1) is 12.4. The molecule has 0 amide bonds. The highest BCUT2D eigenvalue weighted by Crippen LogP contribution is 2.23. The number of phenols is 1. The first-order chi connectivity index (χ1) is 7.25. The Morgan fingerprint density at radius 1 is 1.27 bits per heavy atom. The van der Waals surface area contributed by atoms with Crippen LogP contribution in [0.5, 0.6) is 5.75 Å². The number of benzene rings is 1. The van der Waals surface area contributed by atoms with Crippen molar-refractivity contribution in [2.24, 2.45) is 0 Å². The number of aryl methyl sites for hydroxylation is 2. The fourth-order valence-electron chi connectivity index (χ4n) is 1.53. The zero-order chi connectivity index (χ0) is 11.1. The summed E-state index contributed by atoms with van der Waals surface area (Å²) in [6.07, 6.45) is 3.40. The van der Waals surface area contributed by atoms with Crippen molar-refractivity contribution in [3.63, 3.8) is 0 Å². The third-order valence-corrected chi connectivity index (χ3v) is 3.68. The third-order valence-electron chi connectivity index (χ3n) is 2.40. The summed E-state index contributed by atoms with van der Waals surface area (Å²) in [5, 5.41) is 9.79. The maximum absolute atomic E-state index is 9.79. The molecule has 0 atom stereocenters. The van der Waals surface area contributed by atoms with Crippen LogP contribution >= 0.6 is 11.8 Å². The van der Waals surface area contributed by atoms with E-state index in [1.165, 1.54) is 17.9 Å². The standard InChI is InChI=1S/C13H20OS/c1-3-9-15-10-5-8-12-7-4-6-11(2)13(12)14/h4,6-7,14H,3,5,8-10H2,1-2H3. The Balaban J connectivity index is 2.34. The average Bonchev–Trinajstić information content (AvgIpc) is 2.24. The molecule has 0 heterocycles. The summed E-state index contributed by atoms with van der Waals surface area (Å²) in [4.78, 5) is 0. The minimum Gasteiger partial charge on any atom is -0.507 e. The van der Waals surface area contributed by atoms with E-state index in [9.17, 15) is 5.11 Å². The van der Waals surface area contributed by atoms with E-state index in [4.69, 9.17) is 0 Å². The normalized spacial score (nSPS) is 10.5. The van der Waals surface area contributed by atoms with Crippen LogP contribution in [0.1, 0.15) is 30.9 Å². The summed E-state index contributed by atoms with van der Waals surface area (Å²) in [5.74, 6) is 2.93. The molecule has 0 bridgehead atoms. The van der Waals surface area contributed by atoms with Gasteiger partial charge in [0, 0.05) is 0 Å². The lowest BCUT2D eigenvalue weighted by Crippen LogP contribution is -1.90. The first-order valence-electron chi connectivity index (χ1n) is 5.61. The van der Waals surface area contributed by atoms with E-state index >= 15 is 0 Å². The molecule has 0 spiro atoms. The maximum Gasteiger partial charge on any atom is 0.121 e. The fourth-order valence-corrected chi connectivity index (χ4v) is 2.37. The van der Waals surface area contributed by atoms with Crippen LogP contribution in [-0.2, 0) is 6.42 Å². The van der Waals surface area contributed by atoms with Crippen LogP contribution in [0, 0.1) is 6.92 Å². The van der Waals surface area contributed by atoms with Gasteiger partial charge in [-0.3, -0.25) is 0 Å². The van der Waals surface area contributed by atoms with Gasteiger partial charge in [-0.05, 0) is 48.8 Å². The van der Waals surface area contributed by atoms with Crippen molar-refractivity contribution >= 4 is 11.8 Å². The summed E-state index contributed by atoms with van der Waals surface area (Å²) >= 11 is 2.00. The highest BCUT2D eigenvalue weighted by Gasteiger charge is 2.02. The number of hydrogen-bond acceptors (Lipinski definition) is 2. The number of rotatable bonds is 6. The van der Waals surface area contributed by atoms with Crippen LogP contribution in [0.3, 0.4) is 0 Å². The van der Waals surface area contributed by atoms with Crippen LogP contribution in [0.15, 0.2) is 18.2 Å². The van der Waals surface area contributed by atoms with Crippen molar-refractivity contribution in [2.75, 3.05) is 11.5 Å². The van der Waals surface area contributed by atoms with E-state index in [0.717, 1.165) is 24.0 Å². The molecule has 0 aromatic heterocycles. The van der Waals surface area contributed by atoms with E-state index < -0.39 is 0 Å². The topological polar surface area (TPSA) is 20.2 Å². The van der Waals surface area contributed by atoms with E-state index in [0.29, 0.717) is 5.75 Å². The Morgan fingerprint density at radius 2 is 2.07 bits per heavy atom. The van der Waals surface area contributed by atoms with Gasteiger partial charge < -0.3 is 5.11 Å². The van der Waals surface area contributed by atoms with Crippen LogP contribution < -0.4 is 0 Å². The molecular weight excluding hydrogens is 204 g/mol. The third kappa shape index (κ3) is 4.17. The minimum absolute atomic E-state index is 0.484. The van der Waals surface area contributed by atoms with E-state index in [-0.39, 0.29) is 0 Å². The Bertz CT molecular complexity index is 297. The van der Waals surface area contributed by atoms with Gasteiger partial charge in [0.2, 0.25) is 0 Å². The van der Waals surface area contributed by atoms with E-state index in [1.807, 2.05) is 36.9 Å². The fraction of sp³-hybridized carbons (Fsp3) is 0.538. The molecule has 0 aliphatic rings. The number of thioether (sulfide) groups is 1. The zero-order valence-electron chi connectivity index (χ0n) is 9.62. The van der Waals surface area contributed by atoms with Crippen LogP contribution in [0.4, 0.5) is 0 Å². The summed E-state index contributed by atoms with van der Waals surface area (Å²) in [6, 6.07) is 5.99. The predicted octanol–water partition coefficient (Wildman–Crippen LogP) is 3.78. The first-order valence-corrected chi connectivity index (χ1v) is 6.76. The van der Waals surface area contributed by atoms with Gasteiger partial charge >= 0.3 is 0 Å².